The quantitative estimate of drug-likeness (QED) is 0.704. The molecule has 0 aliphatic carbocycles. The van der Waals surface area contributed by atoms with Crippen molar-refractivity contribution in [1.82, 2.24) is 19.9 Å². The Labute approximate surface area is 168 Å². The number of amides is 1. The van der Waals surface area contributed by atoms with Gasteiger partial charge in [-0.3, -0.25) is 4.79 Å². The molecule has 1 aliphatic rings. The Morgan fingerprint density at radius 3 is 2.34 bits per heavy atom. The number of carbonyl (C=O) groups is 1. The predicted molar refractivity (Wildman–Crippen MR) is 109 cm³/mol. The number of methoxy groups -OCH3 is 1. The number of hydrogen-bond acceptors (Lipinski definition) is 8. The van der Waals surface area contributed by atoms with Crippen molar-refractivity contribution in [3.05, 3.63) is 60.8 Å². The average molecular weight is 391 g/mol. The molecule has 0 bridgehead atoms. The number of nitrogens with one attached hydrogen (secondary N) is 1. The lowest BCUT2D eigenvalue weighted by atomic mass is 10.2. The van der Waals surface area contributed by atoms with Crippen molar-refractivity contribution in [3.63, 3.8) is 0 Å². The van der Waals surface area contributed by atoms with Gasteiger partial charge in [-0.1, -0.05) is 0 Å². The van der Waals surface area contributed by atoms with Gasteiger partial charge in [0.1, 0.15) is 23.6 Å². The maximum absolute atomic E-state index is 12.6. The van der Waals surface area contributed by atoms with Crippen LogP contribution in [-0.4, -0.2) is 59.1 Å². The Morgan fingerprint density at radius 1 is 0.966 bits per heavy atom. The maximum atomic E-state index is 12.6. The first-order valence-electron chi connectivity index (χ1n) is 9.27. The van der Waals surface area contributed by atoms with Gasteiger partial charge >= 0.3 is 0 Å². The van der Waals surface area contributed by atoms with E-state index in [9.17, 15) is 4.79 Å². The van der Waals surface area contributed by atoms with E-state index in [0.29, 0.717) is 11.4 Å². The van der Waals surface area contributed by atoms with Crippen LogP contribution in [0.2, 0.25) is 0 Å². The van der Waals surface area contributed by atoms with Crippen molar-refractivity contribution in [3.8, 4) is 5.75 Å². The van der Waals surface area contributed by atoms with Crippen LogP contribution in [0.3, 0.4) is 0 Å². The molecule has 0 saturated carbocycles. The van der Waals surface area contributed by atoms with Crippen LogP contribution in [0.15, 0.2) is 55.1 Å². The molecule has 1 aromatic carbocycles. The summed E-state index contributed by atoms with van der Waals surface area (Å²) in [5.74, 6) is 1.91. The zero-order chi connectivity index (χ0) is 20.1. The Morgan fingerprint density at radius 2 is 1.66 bits per heavy atom. The van der Waals surface area contributed by atoms with E-state index in [2.05, 4.69) is 35.1 Å². The molecule has 1 saturated heterocycles. The van der Waals surface area contributed by atoms with E-state index in [4.69, 9.17) is 4.74 Å². The number of piperazine rings is 1. The highest BCUT2D eigenvalue weighted by Crippen LogP contribution is 2.18. The summed E-state index contributed by atoms with van der Waals surface area (Å²) < 4.78 is 5.13. The monoisotopic (exact) mass is 391 g/mol. The summed E-state index contributed by atoms with van der Waals surface area (Å²) in [5, 5.41) is 2.84. The summed E-state index contributed by atoms with van der Waals surface area (Å²) >= 11 is 0. The zero-order valence-electron chi connectivity index (χ0n) is 16.0. The summed E-state index contributed by atoms with van der Waals surface area (Å²) in [6, 6.07) is 10.7. The number of carbonyl (C=O) groups excluding carboxylic acids is 1. The first kappa shape index (κ1) is 18.6. The van der Waals surface area contributed by atoms with Crippen molar-refractivity contribution in [1.29, 1.82) is 0 Å². The van der Waals surface area contributed by atoms with E-state index in [-0.39, 0.29) is 5.91 Å². The SMILES string of the molecule is COc1ccc(NC(=O)c2cc(N3CCN(c4ncccn4)CC3)ncn2)cc1. The second kappa shape index (κ2) is 8.51. The van der Waals surface area contributed by atoms with Gasteiger partial charge in [0.2, 0.25) is 5.95 Å². The smallest absolute Gasteiger partial charge is 0.274 e. The molecule has 2 aromatic heterocycles. The second-order valence-electron chi connectivity index (χ2n) is 6.47. The van der Waals surface area contributed by atoms with Crippen molar-refractivity contribution in [2.24, 2.45) is 0 Å². The standard InChI is InChI=1S/C20H21N7O2/c1-29-16-5-3-15(4-6-16)25-19(28)17-13-18(24-14-23-17)26-9-11-27(12-10-26)20-21-7-2-8-22-20/h2-8,13-14H,9-12H2,1H3,(H,25,28). The number of anilines is 3. The van der Waals surface area contributed by atoms with Crippen molar-refractivity contribution in [2.45, 2.75) is 0 Å². The molecule has 4 rings (SSSR count). The third-order valence-corrected chi connectivity index (χ3v) is 4.67. The van der Waals surface area contributed by atoms with Crippen molar-refractivity contribution in [2.75, 3.05) is 48.4 Å². The lowest BCUT2D eigenvalue weighted by Gasteiger charge is -2.35. The molecule has 1 N–H and O–H groups in total. The Bertz CT molecular complexity index is 958. The first-order valence-corrected chi connectivity index (χ1v) is 9.27. The maximum Gasteiger partial charge on any atom is 0.274 e. The van der Waals surface area contributed by atoms with Crippen LogP contribution >= 0.6 is 0 Å². The number of aromatic nitrogens is 4. The van der Waals surface area contributed by atoms with Crippen LogP contribution in [0.5, 0.6) is 5.75 Å². The van der Waals surface area contributed by atoms with E-state index in [1.807, 2.05) is 0 Å². The van der Waals surface area contributed by atoms with Crippen LogP contribution < -0.4 is 19.9 Å². The number of ether oxygens (including phenoxy) is 1. The van der Waals surface area contributed by atoms with Gasteiger partial charge in [0.25, 0.3) is 5.91 Å². The topological polar surface area (TPSA) is 96.4 Å². The summed E-state index contributed by atoms with van der Waals surface area (Å²) in [6.45, 7) is 3.08. The van der Waals surface area contributed by atoms with Gasteiger partial charge in [-0.05, 0) is 30.3 Å². The molecule has 29 heavy (non-hydrogen) atoms. The van der Waals surface area contributed by atoms with Crippen LogP contribution in [0.4, 0.5) is 17.5 Å². The van der Waals surface area contributed by atoms with Gasteiger partial charge in [-0.25, -0.2) is 19.9 Å². The van der Waals surface area contributed by atoms with Gasteiger partial charge in [-0.2, -0.15) is 0 Å². The molecule has 0 atom stereocenters. The Hall–Kier alpha value is -3.75. The van der Waals surface area contributed by atoms with Crippen molar-refractivity contribution < 1.29 is 9.53 Å². The average Bonchev–Trinajstić information content (AvgIpc) is 2.80. The highest BCUT2D eigenvalue weighted by molar-refractivity contribution is 6.03. The van der Waals surface area contributed by atoms with Crippen LogP contribution in [0, 0.1) is 0 Å². The second-order valence-corrected chi connectivity index (χ2v) is 6.47. The van der Waals surface area contributed by atoms with Gasteiger partial charge in [0.15, 0.2) is 0 Å². The molecule has 9 heteroatoms. The Balaban J connectivity index is 1.40. The fraction of sp³-hybridized carbons (Fsp3) is 0.250. The van der Waals surface area contributed by atoms with Crippen LogP contribution in [-0.2, 0) is 0 Å². The number of benzene rings is 1. The van der Waals surface area contributed by atoms with E-state index in [1.165, 1.54) is 6.33 Å². The van der Waals surface area contributed by atoms with E-state index in [0.717, 1.165) is 43.7 Å². The first-order chi connectivity index (χ1) is 14.2. The lowest BCUT2D eigenvalue weighted by Crippen LogP contribution is -2.47. The lowest BCUT2D eigenvalue weighted by molar-refractivity contribution is 0.102. The minimum absolute atomic E-state index is 0.282. The number of rotatable bonds is 5. The summed E-state index contributed by atoms with van der Waals surface area (Å²) in [7, 11) is 1.60. The Kier molecular flexibility index (Phi) is 5.46. The fourth-order valence-electron chi connectivity index (χ4n) is 3.10. The molecule has 0 unspecified atom stereocenters. The van der Waals surface area contributed by atoms with Crippen LogP contribution in [0.1, 0.15) is 10.5 Å². The molecule has 0 radical (unpaired) electrons. The molecule has 3 aromatic rings. The van der Waals surface area contributed by atoms with Gasteiger partial charge in [0.05, 0.1) is 7.11 Å². The minimum atomic E-state index is -0.282. The molecule has 1 fully saturated rings. The van der Waals surface area contributed by atoms with E-state index in [1.54, 1.807) is 55.9 Å². The number of nitrogens with zero attached hydrogens (tertiary/aromatic N) is 6. The highest BCUT2D eigenvalue weighted by Gasteiger charge is 2.21. The minimum Gasteiger partial charge on any atom is -0.497 e. The normalized spacial score (nSPS) is 13.8. The van der Waals surface area contributed by atoms with Gasteiger partial charge in [-0.15, -0.1) is 0 Å². The molecule has 148 valence electrons. The third-order valence-electron chi connectivity index (χ3n) is 4.67. The van der Waals surface area contributed by atoms with E-state index >= 15 is 0 Å². The molecule has 1 aliphatic heterocycles. The predicted octanol–water partition coefficient (Wildman–Crippen LogP) is 1.85. The molecular formula is C20H21N7O2. The van der Waals surface area contributed by atoms with Gasteiger partial charge < -0.3 is 19.9 Å². The summed E-state index contributed by atoms with van der Waals surface area (Å²) in [6.07, 6.45) is 4.91. The molecule has 0 spiro atoms. The third kappa shape index (κ3) is 4.40. The highest BCUT2D eigenvalue weighted by atomic mass is 16.5. The fourth-order valence-corrected chi connectivity index (χ4v) is 3.10. The van der Waals surface area contributed by atoms with Crippen LogP contribution in [0.25, 0.3) is 0 Å². The zero-order valence-corrected chi connectivity index (χ0v) is 16.0. The number of hydrogen-bond donors (Lipinski definition) is 1. The molecular weight excluding hydrogens is 370 g/mol. The summed E-state index contributed by atoms with van der Waals surface area (Å²) in [4.78, 5) is 33.9. The largest absolute Gasteiger partial charge is 0.497 e. The molecule has 9 nitrogen and oxygen atoms in total. The molecule has 3 heterocycles. The van der Waals surface area contributed by atoms with Gasteiger partial charge in [0, 0.05) is 50.3 Å². The van der Waals surface area contributed by atoms with E-state index < -0.39 is 0 Å². The molecule has 1 amide bonds. The summed E-state index contributed by atoms with van der Waals surface area (Å²) in [5.41, 5.74) is 0.993. The van der Waals surface area contributed by atoms with Crippen molar-refractivity contribution >= 4 is 23.4 Å².